The summed E-state index contributed by atoms with van der Waals surface area (Å²) in [5, 5.41) is 10.2. The minimum atomic E-state index is -3.55. The van der Waals surface area contributed by atoms with Crippen LogP contribution in [-0.2, 0) is 21.3 Å². The Hall–Kier alpha value is -2.82. The zero-order valence-electron chi connectivity index (χ0n) is 16.1. The van der Waals surface area contributed by atoms with Crippen molar-refractivity contribution in [2.45, 2.75) is 36.5 Å². The van der Waals surface area contributed by atoms with E-state index in [4.69, 9.17) is 4.74 Å². The van der Waals surface area contributed by atoms with Gasteiger partial charge in [0, 0.05) is 31.2 Å². The second-order valence-corrected chi connectivity index (χ2v) is 9.58. The summed E-state index contributed by atoms with van der Waals surface area (Å²) in [6.07, 6.45) is 4.93. The molecule has 156 valence electrons. The zero-order chi connectivity index (χ0) is 20.7. The van der Waals surface area contributed by atoms with Crippen LogP contribution in [0.4, 0.5) is 0 Å². The number of fused-ring (bicyclic) bond motifs is 3. The Morgan fingerprint density at radius 1 is 1.17 bits per heavy atom. The number of pyridine rings is 1. The summed E-state index contributed by atoms with van der Waals surface area (Å²) in [6.45, 7) is 1.10. The summed E-state index contributed by atoms with van der Waals surface area (Å²) in [5.41, 5.74) is 1.86. The summed E-state index contributed by atoms with van der Waals surface area (Å²) in [5.74, 6) is -0.258. The molecule has 2 aromatic heterocycles. The third-order valence-electron chi connectivity index (χ3n) is 5.58. The van der Waals surface area contributed by atoms with Crippen LogP contribution in [0.25, 0.3) is 11.0 Å². The van der Waals surface area contributed by atoms with Crippen molar-refractivity contribution in [3.05, 3.63) is 53.9 Å². The summed E-state index contributed by atoms with van der Waals surface area (Å²) in [6, 6.07) is 8.34. The number of aromatic nitrogens is 3. The van der Waals surface area contributed by atoms with Gasteiger partial charge in [0.2, 0.25) is 10.0 Å². The largest absolute Gasteiger partial charge is 0.372 e. The molecule has 4 heterocycles. The van der Waals surface area contributed by atoms with Gasteiger partial charge in [0.25, 0.3) is 5.91 Å². The Labute approximate surface area is 173 Å². The highest BCUT2D eigenvalue weighted by Gasteiger charge is 2.39. The van der Waals surface area contributed by atoms with Gasteiger partial charge in [-0.15, -0.1) is 0 Å². The van der Waals surface area contributed by atoms with Crippen LogP contribution < -0.4 is 5.32 Å². The van der Waals surface area contributed by atoms with Crippen molar-refractivity contribution in [2.75, 3.05) is 13.1 Å². The molecule has 0 spiro atoms. The molecule has 3 aromatic rings. The molecule has 2 bridgehead atoms. The van der Waals surface area contributed by atoms with E-state index in [0.29, 0.717) is 24.3 Å². The normalized spacial score (nSPS) is 21.7. The zero-order valence-corrected chi connectivity index (χ0v) is 16.9. The lowest BCUT2D eigenvalue weighted by atomic mass is 10.2. The maximum Gasteiger partial charge on any atom is 0.253 e. The van der Waals surface area contributed by atoms with Crippen molar-refractivity contribution in [3.63, 3.8) is 0 Å². The van der Waals surface area contributed by atoms with Gasteiger partial charge in [0.15, 0.2) is 5.65 Å². The van der Waals surface area contributed by atoms with Gasteiger partial charge < -0.3 is 10.1 Å². The number of nitrogens with one attached hydrogen (secondary N) is 2. The Kier molecular flexibility index (Phi) is 4.76. The van der Waals surface area contributed by atoms with Crippen molar-refractivity contribution in [3.8, 4) is 0 Å². The first kappa shape index (κ1) is 19.2. The van der Waals surface area contributed by atoms with Crippen LogP contribution in [0, 0.1) is 0 Å². The molecule has 1 amide bonds. The Balaban J connectivity index is 1.24. The third-order valence-corrected chi connectivity index (χ3v) is 7.42. The molecule has 2 unspecified atom stereocenters. The lowest BCUT2D eigenvalue weighted by molar-refractivity contribution is -0.0114. The minimum Gasteiger partial charge on any atom is -0.372 e. The number of benzene rings is 1. The first-order valence-corrected chi connectivity index (χ1v) is 11.2. The molecular weight excluding hydrogens is 406 g/mol. The van der Waals surface area contributed by atoms with E-state index in [1.165, 1.54) is 10.5 Å². The van der Waals surface area contributed by atoms with Crippen molar-refractivity contribution in [1.82, 2.24) is 24.8 Å². The molecule has 2 saturated heterocycles. The fourth-order valence-electron chi connectivity index (χ4n) is 3.95. The number of amides is 1. The molecule has 2 fully saturated rings. The second-order valence-electron chi connectivity index (χ2n) is 7.64. The van der Waals surface area contributed by atoms with Crippen molar-refractivity contribution >= 4 is 27.0 Å². The van der Waals surface area contributed by atoms with Crippen molar-refractivity contribution in [1.29, 1.82) is 0 Å². The van der Waals surface area contributed by atoms with Crippen LogP contribution in [0.15, 0.2) is 47.6 Å². The first-order valence-electron chi connectivity index (χ1n) is 9.81. The average molecular weight is 427 g/mol. The molecule has 0 saturated carbocycles. The lowest BCUT2D eigenvalue weighted by Gasteiger charge is -2.31. The number of morpholine rings is 1. The molecule has 0 radical (unpaired) electrons. The van der Waals surface area contributed by atoms with E-state index >= 15 is 0 Å². The maximum atomic E-state index is 12.9. The number of H-pyrrole nitrogens is 1. The van der Waals surface area contributed by atoms with E-state index in [0.717, 1.165) is 23.8 Å². The van der Waals surface area contributed by atoms with Gasteiger partial charge in [-0.3, -0.25) is 9.89 Å². The molecule has 2 aliphatic rings. The van der Waals surface area contributed by atoms with Gasteiger partial charge in [-0.2, -0.15) is 9.40 Å². The summed E-state index contributed by atoms with van der Waals surface area (Å²) < 4.78 is 33.1. The highest BCUT2D eigenvalue weighted by Crippen LogP contribution is 2.30. The molecule has 1 aromatic carbocycles. The molecular formula is C20H21N5O4S. The fraction of sp³-hybridized carbons (Fsp3) is 0.350. The summed E-state index contributed by atoms with van der Waals surface area (Å²) >= 11 is 0. The fourth-order valence-corrected chi connectivity index (χ4v) is 5.45. The van der Waals surface area contributed by atoms with E-state index in [-0.39, 0.29) is 29.6 Å². The number of nitrogens with zero attached hydrogens (tertiary/aromatic N) is 3. The number of ether oxygens (including phenoxy) is 1. The van der Waals surface area contributed by atoms with Crippen molar-refractivity contribution < 1.29 is 17.9 Å². The van der Waals surface area contributed by atoms with E-state index in [2.05, 4.69) is 20.5 Å². The number of aromatic amines is 1. The van der Waals surface area contributed by atoms with E-state index in [1.54, 1.807) is 36.5 Å². The van der Waals surface area contributed by atoms with Crippen LogP contribution in [0.1, 0.15) is 28.8 Å². The monoisotopic (exact) mass is 427 g/mol. The summed E-state index contributed by atoms with van der Waals surface area (Å²) in [4.78, 5) is 16.8. The Morgan fingerprint density at radius 2 is 1.90 bits per heavy atom. The Morgan fingerprint density at radius 3 is 2.63 bits per heavy atom. The van der Waals surface area contributed by atoms with Gasteiger partial charge in [-0.05, 0) is 36.6 Å². The maximum absolute atomic E-state index is 12.9. The van der Waals surface area contributed by atoms with E-state index in [9.17, 15) is 13.2 Å². The van der Waals surface area contributed by atoms with Crippen LogP contribution in [0.2, 0.25) is 0 Å². The van der Waals surface area contributed by atoms with E-state index < -0.39 is 10.0 Å². The van der Waals surface area contributed by atoms with Crippen LogP contribution in [0.3, 0.4) is 0 Å². The van der Waals surface area contributed by atoms with Gasteiger partial charge in [-0.25, -0.2) is 13.4 Å². The Bertz CT molecular complexity index is 1180. The third kappa shape index (κ3) is 3.57. The smallest absolute Gasteiger partial charge is 0.253 e. The van der Waals surface area contributed by atoms with E-state index in [1.807, 2.05) is 0 Å². The minimum absolute atomic E-state index is 0.00349. The van der Waals surface area contributed by atoms with Gasteiger partial charge in [-0.1, -0.05) is 12.1 Å². The molecule has 10 heteroatoms. The number of carbonyl (C=O) groups excluding carboxylic acids is 1. The highest BCUT2D eigenvalue weighted by atomic mass is 32.2. The van der Waals surface area contributed by atoms with Crippen LogP contribution >= 0.6 is 0 Å². The molecule has 30 heavy (non-hydrogen) atoms. The molecule has 0 aliphatic carbocycles. The summed E-state index contributed by atoms with van der Waals surface area (Å²) in [7, 11) is -3.55. The number of carbonyl (C=O) groups is 1. The molecule has 2 aliphatic heterocycles. The number of hydrogen-bond donors (Lipinski definition) is 2. The van der Waals surface area contributed by atoms with Gasteiger partial charge >= 0.3 is 0 Å². The van der Waals surface area contributed by atoms with Crippen LogP contribution in [0.5, 0.6) is 0 Å². The molecule has 2 N–H and O–H groups in total. The number of rotatable bonds is 5. The predicted molar refractivity (Wildman–Crippen MR) is 108 cm³/mol. The number of hydrogen-bond acceptors (Lipinski definition) is 6. The number of sulfonamides is 1. The quantitative estimate of drug-likeness (QED) is 0.636. The molecule has 2 atom stereocenters. The second kappa shape index (κ2) is 7.46. The SMILES string of the molecule is O=C(NCc1ccc(S(=O)(=O)N2CC3CCC(C2)O3)cc1)c1cnc2[nH]ncc2c1. The first-order chi connectivity index (χ1) is 14.5. The average Bonchev–Trinajstić information content (AvgIpc) is 3.37. The predicted octanol–water partition coefficient (Wildman–Crippen LogP) is 1.44. The van der Waals surface area contributed by atoms with Gasteiger partial charge in [0.05, 0.1) is 28.9 Å². The topological polar surface area (TPSA) is 117 Å². The van der Waals surface area contributed by atoms with Crippen molar-refractivity contribution in [2.24, 2.45) is 0 Å². The van der Waals surface area contributed by atoms with Gasteiger partial charge in [0.1, 0.15) is 0 Å². The lowest BCUT2D eigenvalue weighted by Crippen LogP contribution is -2.45. The highest BCUT2D eigenvalue weighted by molar-refractivity contribution is 7.89. The standard InChI is InChI=1S/C20H21N5O4S/c26-20(15-7-14-10-23-24-19(14)21-9-15)22-8-13-1-5-18(6-2-13)30(27,28)25-11-16-3-4-17(12-25)29-16/h1-2,5-7,9-10,16-17H,3-4,8,11-12H2,(H,22,26)(H,21,23,24). The molecule has 5 rings (SSSR count). The van der Waals surface area contributed by atoms with Crippen LogP contribution in [-0.4, -0.2) is 59.1 Å². The molecule has 9 nitrogen and oxygen atoms in total.